The zero-order valence-corrected chi connectivity index (χ0v) is 16.4. The normalized spacial score (nSPS) is 21.0. The highest BCUT2D eigenvalue weighted by atomic mass is 32.2. The van der Waals surface area contributed by atoms with Crippen LogP contribution in [-0.4, -0.2) is 91.5 Å². The number of rotatable bonds is 4. The lowest BCUT2D eigenvalue weighted by Crippen LogP contribution is -3.15. The summed E-state index contributed by atoms with van der Waals surface area (Å²) in [6, 6.07) is 9.29. The van der Waals surface area contributed by atoms with Gasteiger partial charge < -0.3 is 19.4 Å². The summed E-state index contributed by atoms with van der Waals surface area (Å²) in [5.41, 5.74) is 0.705. The standard InChI is InChI=1S/C19H25N3O4S/c1-26-19(25)16-13-22(11-12-27-16)17(23)14-20-7-9-21(10-8-20)18(24)15-5-3-2-4-6-15/h2-6,16H,7-14H2,1H3/p+1/t16-/m0/s1. The van der Waals surface area contributed by atoms with Crippen LogP contribution in [0.4, 0.5) is 0 Å². The van der Waals surface area contributed by atoms with Crippen LogP contribution in [0.25, 0.3) is 0 Å². The van der Waals surface area contributed by atoms with Gasteiger partial charge in [0.25, 0.3) is 11.8 Å². The molecule has 1 aromatic rings. The number of hydrogen-bond donors (Lipinski definition) is 1. The van der Waals surface area contributed by atoms with Gasteiger partial charge in [0, 0.05) is 24.4 Å². The molecule has 7 nitrogen and oxygen atoms in total. The van der Waals surface area contributed by atoms with Crippen molar-refractivity contribution in [2.45, 2.75) is 5.25 Å². The van der Waals surface area contributed by atoms with Gasteiger partial charge in [-0.3, -0.25) is 14.4 Å². The molecule has 3 rings (SSSR count). The zero-order chi connectivity index (χ0) is 19.2. The Bertz CT molecular complexity index is 677. The average molecular weight is 393 g/mol. The maximum Gasteiger partial charge on any atom is 0.320 e. The minimum absolute atomic E-state index is 0.0509. The minimum Gasteiger partial charge on any atom is -0.468 e. The Hall–Kier alpha value is -2.06. The summed E-state index contributed by atoms with van der Waals surface area (Å²) in [6.07, 6.45) is 0. The lowest BCUT2D eigenvalue weighted by Gasteiger charge is -2.35. The molecule has 2 fully saturated rings. The monoisotopic (exact) mass is 392 g/mol. The number of carbonyl (C=O) groups is 3. The van der Waals surface area contributed by atoms with Crippen LogP contribution < -0.4 is 4.90 Å². The molecule has 8 heteroatoms. The van der Waals surface area contributed by atoms with E-state index < -0.39 is 0 Å². The molecule has 0 bridgehead atoms. The van der Waals surface area contributed by atoms with Gasteiger partial charge in [-0.15, -0.1) is 11.8 Å². The van der Waals surface area contributed by atoms with Crippen molar-refractivity contribution >= 4 is 29.5 Å². The molecule has 0 spiro atoms. The summed E-state index contributed by atoms with van der Waals surface area (Å²) in [5.74, 6) is 0.607. The predicted octanol–water partition coefficient (Wildman–Crippen LogP) is -0.856. The van der Waals surface area contributed by atoms with E-state index in [0.29, 0.717) is 38.3 Å². The summed E-state index contributed by atoms with van der Waals surface area (Å²) < 4.78 is 4.80. The van der Waals surface area contributed by atoms with Crippen molar-refractivity contribution in [3.05, 3.63) is 35.9 Å². The third-order valence-electron chi connectivity index (χ3n) is 5.06. The number of hydrogen-bond acceptors (Lipinski definition) is 5. The van der Waals surface area contributed by atoms with E-state index >= 15 is 0 Å². The molecule has 1 N–H and O–H groups in total. The molecule has 1 atom stereocenters. The summed E-state index contributed by atoms with van der Waals surface area (Å²) in [6.45, 7) is 4.31. The van der Waals surface area contributed by atoms with Gasteiger partial charge in [0.1, 0.15) is 5.25 Å². The summed E-state index contributed by atoms with van der Waals surface area (Å²) >= 11 is 1.55. The largest absolute Gasteiger partial charge is 0.468 e. The van der Waals surface area contributed by atoms with Gasteiger partial charge >= 0.3 is 5.97 Å². The highest BCUT2D eigenvalue weighted by molar-refractivity contribution is 8.00. The van der Waals surface area contributed by atoms with Gasteiger partial charge in [-0.2, -0.15) is 0 Å². The van der Waals surface area contributed by atoms with Crippen molar-refractivity contribution in [3.63, 3.8) is 0 Å². The number of esters is 1. The number of carbonyl (C=O) groups excluding carboxylic acids is 3. The second-order valence-corrected chi connectivity index (χ2v) is 8.12. The Morgan fingerprint density at radius 2 is 1.81 bits per heavy atom. The van der Waals surface area contributed by atoms with E-state index in [-0.39, 0.29) is 23.0 Å². The first-order chi connectivity index (χ1) is 13.1. The third kappa shape index (κ3) is 5.01. The number of quaternary nitrogens is 1. The third-order valence-corrected chi connectivity index (χ3v) is 6.23. The number of amides is 2. The summed E-state index contributed by atoms with van der Waals surface area (Å²) in [5, 5.41) is -0.289. The van der Waals surface area contributed by atoms with E-state index in [1.54, 1.807) is 16.7 Å². The van der Waals surface area contributed by atoms with E-state index in [2.05, 4.69) is 0 Å². The lowest BCUT2D eigenvalue weighted by molar-refractivity contribution is -0.896. The molecule has 2 amide bonds. The molecule has 0 aliphatic carbocycles. The van der Waals surface area contributed by atoms with Crippen LogP contribution in [0.3, 0.4) is 0 Å². The van der Waals surface area contributed by atoms with Crippen molar-refractivity contribution < 1.29 is 24.0 Å². The molecule has 2 aliphatic heterocycles. The van der Waals surface area contributed by atoms with Gasteiger partial charge in [0.2, 0.25) is 0 Å². The van der Waals surface area contributed by atoms with Crippen molar-refractivity contribution in [1.82, 2.24) is 9.80 Å². The van der Waals surface area contributed by atoms with E-state index in [1.807, 2.05) is 35.2 Å². The molecule has 2 saturated heterocycles. The number of piperazine rings is 1. The van der Waals surface area contributed by atoms with Gasteiger partial charge in [0.05, 0.1) is 33.3 Å². The highest BCUT2D eigenvalue weighted by Crippen LogP contribution is 2.19. The van der Waals surface area contributed by atoms with Crippen LogP contribution in [0, 0.1) is 0 Å². The molecular weight excluding hydrogens is 366 g/mol. The van der Waals surface area contributed by atoms with E-state index in [9.17, 15) is 14.4 Å². The Kier molecular flexibility index (Phi) is 6.73. The molecule has 0 saturated carbocycles. The second-order valence-electron chi connectivity index (χ2n) is 6.81. The number of methoxy groups -OCH3 is 1. The van der Waals surface area contributed by atoms with Crippen molar-refractivity contribution in [2.24, 2.45) is 0 Å². The smallest absolute Gasteiger partial charge is 0.320 e. The van der Waals surface area contributed by atoms with Crippen LogP contribution in [0.2, 0.25) is 0 Å². The molecule has 27 heavy (non-hydrogen) atoms. The number of benzene rings is 1. The topological polar surface area (TPSA) is 71.4 Å². The van der Waals surface area contributed by atoms with Crippen LogP contribution in [0.1, 0.15) is 10.4 Å². The number of ether oxygens (including phenoxy) is 1. The molecule has 0 aromatic heterocycles. The first-order valence-corrected chi connectivity index (χ1v) is 10.3. The van der Waals surface area contributed by atoms with E-state index in [4.69, 9.17) is 4.74 Å². The fraction of sp³-hybridized carbons (Fsp3) is 0.526. The highest BCUT2D eigenvalue weighted by Gasteiger charge is 2.32. The van der Waals surface area contributed by atoms with Crippen molar-refractivity contribution in [3.8, 4) is 0 Å². The van der Waals surface area contributed by atoms with Gasteiger partial charge in [-0.1, -0.05) is 18.2 Å². The van der Waals surface area contributed by atoms with Crippen molar-refractivity contribution in [2.75, 3.05) is 58.7 Å². The SMILES string of the molecule is COC(=O)[C@@H]1CN(C(=O)C[NH+]2CCN(C(=O)c3ccccc3)CC2)CCS1. The van der Waals surface area contributed by atoms with E-state index in [1.165, 1.54) is 12.0 Å². The van der Waals surface area contributed by atoms with Gasteiger partial charge in [-0.05, 0) is 12.1 Å². The molecule has 2 aliphatic rings. The fourth-order valence-electron chi connectivity index (χ4n) is 3.44. The maximum atomic E-state index is 12.6. The molecule has 1 aromatic carbocycles. The van der Waals surface area contributed by atoms with Crippen molar-refractivity contribution in [1.29, 1.82) is 0 Å². The van der Waals surface area contributed by atoms with Crippen LogP contribution >= 0.6 is 11.8 Å². The number of nitrogens with one attached hydrogen (secondary N) is 1. The Balaban J connectivity index is 1.47. The predicted molar refractivity (Wildman–Crippen MR) is 103 cm³/mol. The maximum absolute atomic E-state index is 12.6. The van der Waals surface area contributed by atoms with Crippen LogP contribution in [0.15, 0.2) is 30.3 Å². The van der Waals surface area contributed by atoms with Gasteiger partial charge in [-0.25, -0.2) is 0 Å². The Labute approximate surface area is 163 Å². The average Bonchev–Trinajstić information content (AvgIpc) is 2.74. The Morgan fingerprint density at radius 3 is 2.48 bits per heavy atom. The van der Waals surface area contributed by atoms with Gasteiger partial charge in [0.15, 0.2) is 6.54 Å². The summed E-state index contributed by atoms with van der Waals surface area (Å²) in [7, 11) is 1.38. The van der Waals surface area contributed by atoms with Crippen LogP contribution in [0.5, 0.6) is 0 Å². The second kappa shape index (κ2) is 9.23. The lowest BCUT2D eigenvalue weighted by atomic mass is 10.2. The molecule has 2 heterocycles. The first-order valence-electron chi connectivity index (χ1n) is 9.23. The quantitative estimate of drug-likeness (QED) is 0.676. The van der Waals surface area contributed by atoms with E-state index in [0.717, 1.165) is 18.8 Å². The fourth-order valence-corrected chi connectivity index (χ4v) is 4.57. The first kappa shape index (κ1) is 19.7. The molecule has 0 radical (unpaired) electrons. The number of thioether (sulfide) groups is 1. The molecule has 0 unspecified atom stereocenters. The number of nitrogens with zero attached hydrogens (tertiary/aromatic N) is 2. The minimum atomic E-state index is -0.289. The molecule has 146 valence electrons. The summed E-state index contributed by atoms with van der Waals surface area (Å²) in [4.78, 5) is 41.7. The Morgan fingerprint density at radius 1 is 1.11 bits per heavy atom. The zero-order valence-electron chi connectivity index (χ0n) is 15.6. The molecular formula is C19H26N3O4S+. The van der Waals surface area contributed by atoms with Crippen LogP contribution in [-0.2, 0) is 14.3 Å².